The van der Waals surface area contributed by atoms with E-state index in [1.54, 1.807) is 7.11 Å². The van der Waals surface area contributed by atoms with Crippen LogP contribution < -0.4 is 9.47 Å². The summed E-state index contributed by atoms with van der Waals surface area (Å²) >= 11 is 0. The highest BCUT2D eigenvalue weighted by Crippen LogP contribution is 2.75. The molecule has 3 nitrogen and oxygen atoms in total. The lowest BCUT2D eigenvalue weighted by Gasteiger charge is -2.38. The molecule has 0 radical (unpaired) electrons. The Bertz CT molecular complexity index is 1900. The number of hydrogen-bond donors (Lipinski definition) is 0. The lowest BCUT2D eigenvalue weighted by molar-refractivity contribution is 0.282. The van der Waals surface area contributed by atoms with Crippen LogP contribution in [-0.2, 0) is 0 Å². The minimum absolute atomic E-state index is 0.0287. The molecule has 2 unspecified atom stereocenters. The van der Waals surface area contributed by atoms with Crippen LogP contribution in [0.1, 0.15) is 11.1 Å². The van der Waals surface area contributed by atoms with Crippen molar-refractivity contribution in [1.82, 2.24) is 0 Å². The molecular weight excluding hydrogens is 488 g/mol. The number of rotatable bonds is 3. The van der Waals surface area contributed by atoms with Crippen LogP contribution in [0.15, 0.2) is 133 Å². The fraction of sp³-hybridized carbons (Fsp3) is 0.0588. The smallest absolute Gasteiger partial charge is 0.142 e. The molecule has 184 valence electrons. The second kappa shape index (κ2) is 8.04. The summed E-state index contributed by atoms with van der Waals surface area (Å²) in [7, 11) is -0.0290. The van der Waals surface area contributed by atoms with Crippen molar-refractivity contribution in [3.8, 4) is 11.5 Å². The minimum Gasteiger partial charge on any atom is -0.496 e. The third kappa shape index (κ3) is 2.92. The number of furan rings is 1. The molecule has 0 N–H and O–H groups in total. The monoisotopic (exact) mass is 512 g/mol. The van der Waals surface area contributed by atoms with Gasteiger partial charge in [0.2, 0.25) is 0 Å². The zero-order valence-corrected chi connectivity index (χ0v) is 21.6. The number of allylic oxidation sites excluding steroid dienone is 2. The van der Waals surface area contributed by atoms with Gasteiger partial charge in [-0.25, -0.2) is 0 Å². The molecule has 5 aromatic rings. The summed E-state index contributed by atoms with van der Waals surface area (Å²) in [4.78, 5) is 3.73. The van der Waals surface area contributed by atoms with E-state index in [1.165, 1.54) is 25.8 Å². The Morgan fingerprint density at radius 2 is 1.63 bits per heavy atom. The second-order valence-electron chi connectivity index (χ2n) is 9.69. The highest BCUT2D eigenvalue weighted by atomic mass is 32.3. The summed E-state index contributed by atoms with van der Waals surface area (Å²) in [5.74, 6) is 1.82. The zero-order valence-electron chi connectivity index (χ0n) is 20.8. The van der Waals surface area contributed by atoms with Gasteiger partial charge < -0.3 is 13.9 Å². The van der Waals surface area contributed by atoms with Gasteiger partial charge in [0.1, 0.15) is 28.8 Å². The largest absolute Gasteiger partial charge is 0.496 e. The van der Waals surface area contributed by atoms with Crippen LogP contribution in [0.5, 0.6) is 11.5 Å². The van der Waals surface area contributed by atoms with E-state index in [2.05, 4.69) is 96.5 Å². The van der Waals surface area contributed by atoms with Gasteiger partial charge in [0.05, 0.1) is 7.11 Å². The Morgan fingerprint density at radius 1 is 0.763 bits per heavy atom. The van der Waals surface area contributed by atoms with Crippen LogP contribution in [0.2, 0.25) is 0 Å². The van der Waals surface area contributed by atoms with Crippen molar-refractivity contribution in [3.05, 3.63) is 125 Å². The van der Waals surface area contributed by atoms with E-state index in [-0.39, 0.29) is 6.10 Å². The Kier molecular flexibility index (Phi) is 4.58. The van der Waals surface area contributed by atoms with E-state index in [0.717, 1.165) is 39.0 Å². The predicted octanol–water partition coefficient (Wildman–Crippen LogP) is 9.13. The Morgan fingerprint density at radius 3 is 2.58 bits per heavy atom. The van der Waals surface area contributed by atoms with Crippen LogP contribution in [0.3, 0.4) is 0 Å². The molecule has 0 amide bonds. The highest BCUT2D eigenvalue weighted by molar-refractivity contribution is 8.36. The molecule has 1 aromatic heterocycles. The van der Waals surface area contributed by atoms with Gasteiger partial charge in [-0.1, -0.05) is 48.6 Å². The summed E-state index contributed by atoms with van der Waals surface area (Å²) < 4.78 is 18.6. The van der Waals surface area contributed by atoms with Gasteiger partial charge in [-0.2, -0.15) is 0 Å². The molecule has 1 aliphatic carbocycles. The zero-order chi connectivity index (χ0) is 25.3. The summed E-state index contributed by atoms with van der Waals surface area (Å²) in [5, 5.41) is 4.67. The molecule has 3 heterocycles. The van der Waals surface area contributed by atoms with Gasteiger partial charge >= 0.3 is 0 Å². The molecule has 4 heteroatoms. The van der Waals surface area contributed by atoms with Crippen LogP contribution in [0, 0.1) is 0 Å². The number of fused-ring (bicyclic) bond motifs is 7. The summed E-state index contributed by atoms with van der Waals surface area (Å²) in [6.45, 7) is 0. The molecule has 4 aromatic carbocycles. The van der Waals surface area contributed by atoms with Gasteiger partial charge in [-0.05, 0) is 83.3 Å². The van der Waals surface area contributed by atoms with Crippen LogP contribution in [-0.4, -0.2) is 13.2 Å². The quantitative estimate of drug-likeness (QED) is 0.242. The minimum atomic E-state index is -1.79. The Balaban J connectivity index is 1.42. The van der Waals surface area contributed by atoms with Gasteiger partial charge in [0.25, 0.3) is 0 Å². The number of methoxy groups -OCH3 is 1. The van der Waals surface area contributed by atoms with Gasteiger partial charge in [-0.15, -0.1) is 10.0 Å². The molecule has 8 rings (SSSR count). The molecule has 0 spiro atoms. The highest BCUT2D eigenvalue weighted by Gasteiger charge is 2.38. The molecule has 38 heavy (non-hydrogen) atoms. The fourth-order valence-electron chi connectivity index (χ4n) is 5.94. The molecule has 0 saturated carbocycles. The van der Waals surface area contributed by atoms with Crippen LogP contribution in [0.25, 0.3) is 34.1 Å². The maximum absolute atomic E-state index is 6.41. The number of hydrogen-bond acceptors (Lipinski definition) is 3. The lowest BCUT2D eigenvalue weighted by Crippen LogP contribution is -2.21. The lowest BCUT2D eigenvalue weighted by atomic mass is 9.95. The molecule has 0 saturated heterocycles. The Hall–Kier alpha value is -4.41. The number of benzene rings is 4. The number of para-hydroxylation sites is 2. The average molecular weight is 513 g/mol. The summed E-state index contributed by atoms with van der Waals surface area (Å²) in [5.41, 5.74) is 5.35. The second-order valence-corrected chi connectivity index (χ2v) is 12.6. The van der Waals surface area contributed by atoms with Crippen molar-refractivity contribution >= 4 is 44.1 Å². The topological polar surface area (TPSA) is 31.6 Å². The van der Waals surface area contributed by atoms with E-state index < -0.39 is 10.0 Å². The third-order valence-corrected chi connectivity index (χ3v) is 11.3. The first-order valence-electron chi connectivity index (χ1n) is 12.7. The van der Waals surface area contributed by atoms with Gasteiger partial charge in [0, 0.05) is 31.0 Å². The van der Waals surface area contributed by atoms with Gasteiger partial charge in [-0.3, -0.25) is 0 Å². The average Bonchev–Trinajstić information content (AvgIpc) is 3.55. The van der Waals surface area contributed by atoms with Crippen LogP contribution in [0.4, 0.5) is 0 Å². The van der Waals surface area contributed by atoms with Gasteiger partial charge in [0.15, 0.2) is 0 Å². The maximum atomic E-state index is 6.41. The fourth-order valence-corrected chi connectivity index (χ4v) is 9.63. The van der Waals surface area contributed by atoms with E-state index in [1.807, 2.05) is 24.3 Å². The summed E-state index contributed by atoms with van der Waals surface area (Å²) in [6, 6.07) is 27.7. The molecule has 0 bridgehead atoms. The van der Waals surface area contributed by atoms with Crippen molar-refractivity contribution in [2.75, 3.05) is 7.11 Å². The maximum Gasteiger partial charge on any atom is 0.142 e. The summed E-state index contributed by atoms with van der Waals surface area (Å²) in [6.07, 6.45) is 12.9. The molecule has 2 atom stereocenters. The first-order valence-corrected chi connectivity index (χ1v) is 14.4. The van der Waals surface area contributed by atoms with E-state index in [0.29, 0.717) is 0 Å². The molecular formula is C34H24O3S. The van der Waals surface area contributed by atoms with E-state index in [9.17, 15) is 0 Å². The molecule has 0 fully saturated rings. The third-order valence-electron chi connectivity index (χ3n) is 7.71. The van der Waals surface area contributed by atoms with Crippen molar-refractivity contribution in [3.63, 3.8) is 0 Å². The first kappa shape index (κ1) is 21.7. The molecule has 3 aliphatic rings. The predicted molar refractivity (Wildman–Crippen MR) is 155 cm³/mol. The van der Waals surface area contributed by atoms with Crippen molar-refractivity contribution in [2.24, 2.45) is 0 Å². The standard InChI is InChI=1S/C34H24O3S/c1-35-32-12-6-7-13-34(32)38(23-14-15-30-27(21-23)24-9-3-5-11-29(24)37-30)19-18-25-26-20-22-8-2-4-10-28(22)36-31(26)16-17-33(25)38/h2-21,28H,1H3. The normalized spacial score (nSPS) is 22.3. The molecule has 2 aliphatic heterocycles. The first-order chi connectivity index (χ1) is 18.8. The van der Waals surface area contributed by atoms with Crippen molar-refractivity contribution in [1.29, 1.82) is 0 Å². The van der Waals surface area contributed by atoms with Crippen molar-refractivity contribution in [2.45, 2.75) is 20.8 Å². The Labute approximate surface area is 222 Å². The van der Waals surface area contributed by atoms with E-state index >= 15 is 0 Å². The van der Waals surface area contributed by atoms with Crippen LogP contribution >= 0.6 is 10.0 Å². The number of ether oxygens (including phenoxy) is 2. The van der Waals surface area contributed by atoms with Crippen molar-refractivity contribution < 1.29 is 13.9 Å². The van der Waals surface area contributed by atoms with E-state index in [4.69, 9.17) is 13.9 Å². The SMILES string of the molecule is COc1ccccc1S1(c2ccc3oc4ccccc4c3c2)C=Cc2c1ccc1c2C=C2C=CC=CC2O1.